The summed E-state index contributed by atoms with van der Waals surface area (Å²) in [6, 6.07) is 13.1. The van der Waals surface area contributed by atoms with Gasteiger partial charge in [-0.15, -0.1) is 0 Å². The van der Waals surface area contributed by atoms with Crippen molar-refractivity contribution >= 4 is 5.69 Å². The second kappa shape index (κ2) is 7.93. The number of aliphatic hydroxyl groups is 1. The Bertz CT molecular complexity index is 987. The highest BCUT2D eigenvalue weighted by atomic mass is 19.1. The summed E-state index contributed by atoms with van der Waals surface area (Å²) in [6.07, 6.45) is 0.0767. The average Bonchev–Trinajstić information content (AvgIpc) is 3.31. The summed E-state index contributed by atoms with van der Waals surface area (Å²) in [5.74, 6) is 0.506. The number of hydrogen-bond donors (Lipinski definition) is 1. The molecule has 2 atom stereocenters. The van der Waals surface area contributed by atoms with Crippen LogP contribution in [0.15, 0.2) is 47.0 Å². The summed E-state index contributed by atoms with van der Waals surface area (Å²) < 4.78 is 19.4. The van der Waals surface area contributed by atoms with Crippen molar-refractivity contribution in [2.24, 2.45) is 0 Å². The van der Waals surface area contributed by atoms with Crippen LogP contribution >= 0.6 is 0 Å². The van der Waals surface area contributed by atoms with E-state index >= 15 is 0 Å². The van der Waals surface area contributed by atoms with Crippen molar-refractivity contribution in [2.45, 2.75) is 32.0 Å². The zero-order valence-electron chi connectivity index (χ0n) is 16.8. The number of aromatic nitrogens is 2. The lowest BCUT2D eigenvalue weighted by Crippen LogP contribution is -2.24. The third kappa shape index (κ3) is 4.16. The summed E-state index contributed by atoms with van der Waals surface area (Å²) in [4.78, 5) is 8.69. The predicted octanol–water partition coefficient (Wildman–Crippen LogP) is 3.56. The molecule has 2 aromatic carbocycles. The molecule has 0 radical (unpaired) electrons. The van der Waals surface area contributed by atoms with Gasteiger partial charge < -0.3 is 14.5 Å². The maximum atomic E-state index is 13.9. The number of hydrogen-bond acceptors (Lipinski definition) is 6. The summed E-state index contributed by atoms with van der Waals surface area (Å²) in [7, 11) is 4.02. The van der Waals surface area contributed by atoms with E-state index in [0.29, 0.717) is 42.4 Å². The Labute approximate surface area is 169 Å². The zero-order chi connectivity index (χ0) is 20.5. The van der Waals surface area contributed by atoms with E-state index in [1.807, 2.05) is 14.1 Å². The van der Waals surface area contributed by atoms with Crippen molar-refractivity contribution in [1.29, 1.82) is 0 Å². The molecule has 6 nitrogen and oxygen atoms in total. The average molecular weight is 396 g/mol. The van der Waals surface area contributed by atoms with Crippen LogP contribution in [-0.4, -0.2) is 46.9 Å². The fourth-order valence-corrected chi connectivity index (χ4v) is 3.66. The number of likely N-dealkylation sites (tertiary alicyclic amines) is 1. The van der Waals surface area contributed by atoms with Gasteiger partial charge in [-0.1, -0.05) is 29.4 Å². The van der Waals surface area contributed by atoms with E-state index in [9.17, 15) is 9.50 Å². The molecule has 1 saturated heterocycles. The molecule has 0 aliphatic carbocycles. The van der Waals surface area contributed by atoms with Gasteiger partial charge in [-0.25, -0.2) is 4.39 Å². The highest BCUT2D eigenvalue weighted by Crippen LogP contribution is 2.34. The molecule has 3 aromatic rings. The first-order valence-corrected chi connectivity index (χ1v) is 9.69. The van der Waals surface area contributed by atoms with Crippen molar-refractivity contribution in [3.05, 3.63) is 65.3 Å². The molecule has 0 amide bonds. The summed E-state index contributed by atoms with van der Waals surface area (Å²) in [5, 5.41) is 14.3. The molecule has 0 saturated carbocycles. The smallest absolute Gasteiger partial charge is 0.244 e. The van der Waals surface area contributed by atoms with Crippen LogP contribution in [-0.2, 0) is 6.54 Å². The number of benzene rings is 2. The van der Waals surface area contributed by atoms with Crippen LogP contribution in [0.3, 0.4) is 0 Å². The molecule has 4 rings (SSSR count). The van der Waals surface area contributed by atoms with E-state index in [-0.39, 0.29) is 11.9 Å². The highest BCUT2D eigenvalue weighted by Gasteiger charge is 2.36. The zero-order valence-corrected chi connectivity index (χ0v) is 16.8. The predicted molar refractivity (Wildman–Crippen MR) is 109 cm³/mol. The number of rotatable bonds is 5. The van der Waals surface area contributed by atoms with Crippen molar-refractivity contribution in [3.63, 3.8) is 0 Å². The van der Waals surface area contributed by atoms with Crippen LogP contribution in [0.5, 0.6) is 0 Å². The molecule has 1 N–H and O–H groups in total. The maximum absolute atomic E-state index is 13.9. The minimum absolute atomic E-state index is 0.171. The Morgan fingerprint density at radius 3 is 2.66 bits per heavy atom. The molecule has 152 valence electrons. The van der Waals surface area contributed by atoms with E-state index in [0.717, 1.165) is 11.3 Å². The normalized spacial score (nSPS) is 19.6. The van der Waals surface area contributed by atoms with Gasteiger partial charge in [0.15, 0.2) is 0 Å². The van der Waals surface area contributed by atoms with E-state index in [1.54, 1.807) is 19.1 Å². The van der Waals surface area contributed by atoms with E-state index in [4.69, 9.17) is 4.52 Å². The molecule has 1 aliphatic heterocycles. The van der Waals surface area contributed by atoms with E-state index < -0.39 is 6.10 Å². The van der Waals surface area contributed by atoms with E-state index in [2.05, 4.69) is 44.2 Å². The lowest BCUT2D eigenvalue weighted by molar-refractivity contribution is 0.169. The Morgan fingerprint density at radius 1 is 1.21 bits per heavy atom. The van der Waals surface area contributed by atoms with Gasteiger partial charge in [0.25, 0.3) is 0 Å². The monoisotopic (exact) mass is 396 g/mol. The van der Waals surface area contributed by atoms with Crippen LogP contribution < -0.4 is 4.90 Å². The number of nitrogens with zero attached hydrogens (tertiary/aromatic N) is 4. The van der Waals surface area contributed by atoms with Crippen molar-refractivity contribution < 1.29 is 14.0 Å². The molecule has 7 heteroatoms. The Balaban J connectivity index is 1.53. The number of aryl methyl sites for hydroxylation is 1. The molecular weight excluding hydrogens is 371 g/mol. The quantitative estimate of drug-likeness (QED) is 0.711. The van der Waals surface area contributed by atoms with Crippen LogP contribution in [0.4, 0.5) is 10.1 Å². The standard InChI is InChI=1S/C22H25FN4O2/c1-14-4-7-16(10-19(14)23)21-24-22(29-25-21)20-11-18(28)13-27(20)12-15-5-8-17(9-6-15)26(2)3/h4-10,18,20,28H,11-13H2,1-3H3. The van der Waals surface area contributed by atoms with Gasteiger partial charge in [0.2, 0.25) is 11.7 Å². The molecule has 0 bridgehead atoms. The first kappa shape index (κ1) is 19.5. The lowest BCUT2D eigenvalue weighted by Gasteiger charge is -2.21. The summed E-state index contributed by atoms with van der Waals surface area (Å²) in [5.41, 5.74) is 3.43. The van der Waals surface area contributed by atoms with Gasteiger partial charge in [0.05, 0.1) is 12.1 Å². The summed E-state index contributed by atoms with van der Waals surface area (Å²) >= 11 is 0. The third-order valence-corrected chi connectivity index (χ3v) is 5.38. The van der Waals surface area contributed by atoms with Gasteiger partial charge >= 0.3 is 0 Å². The largest absolute Gasteiger partial charge is 0.392 e. The minimum Gasteiger partial charge on any atom is -0.392 e. The Morgan fingerprint density at radius 2 is 1.97 bits per heavy atom. The number of aliphatic hydroxyl groups excluding tert-OH is 1. The van der Waals surface area contributed by atoms with Crippen LogP contribution in [0, 0.1) is 12.7 Å². The number of anilines is 1. The molecule has 2 heterocycles. The lowest BCUT2D eigenvalue weighted by atomic mass is 10.1. The first-order valence-electron chi connectivity index (χ1n) is 9.69. The van der Waals surface area contributed by atoms with Crippen molar-refractivity contribution in [1.82, 2.24) is 15.0 Å². The third-order valence-electron chi connectivity index (χ3n) is 5.38. The molecular formula is C22H25FN4O2. The van der Waals surface area contributed by atoms with E-state index in [1.165, 1.54) is 6.07 Å². The molecule has 1 aromatic heterocycles. The fourth-order valence-electron chi connectivity index (χ4n) is 3.66. The minimum atomic E-state index is -0.451. The van der Waals surface area contributed by atoms with Crippen molar-refractivity contribution in [3.8, 4) is 11.4 Å². The Hall–Kier alpha value is -2.77. The molecule has 0 spiro atoms. The molecule has 2 unspecified atom stereocenters. The number of halogens is 1. The maximum Gasteiger partial charge on any atom is 0.244 e. The van der Waals surface area contributed by atoms with Crippen LogP contribution in [0.25, 0.3) is 11.4 Å². The molecule has 1 aliphatic rings. The van der Waals surface area contributed by atoms with Gasteiger partial charge in [-0.2, -0.15) is 4.98 Å². The Kier molecular flexibility index (Phi) is 5.34. The topological polar surface area (TPSA) is 65.6 Å². The van der Waals surface area contributed by atoms with Gasteiger partial charge in [-0.05, 0) is 42.7 Å². The fraction of sp³-hybridized carbons (Fsp3) is 0.364. The second-order valence-corrected chi connectivity index (χ2v) is 7.82. The number of β-amino-alcohol motifs (C(OH)–C–C–N with tert-alkyl or cyclic N) is 1. The second-order valence-electron chi connectivity index (χ2n) is 7.82. The highest BCUT2D eigenvalue weighted by molar-refractivity contribution is 5.55. The van der Waals surface area contributed by atoms with Gasteiger partial charge in [-0.3, -0.25) is 4.90 Å². The molecule has 29 heavy (non-hydrogen) atoms. The van der Waals surface area contributed by atoms with Crippen LogP contribution in [0.2, 0.25) is 0 Å². The van der Waals surface area contributed by atoms with Crippen molar-refractivity contribution in [2.75, 3.05) is 25.5 Å². The molecule has 1 fully saturated rings. The van der Waals surface area contributed by atoms with Crippen LogP contribution in [0.1, 0.15) is 29.5 Å². The summed E-state index contributed by atoms with van der Waals surface area (Å²) in [6.45, 7) is 2.92. The van der Waals surface area contributed by atoms with Gasteiger partial charge in [0.1, 0.15) is 5.82 Å². The first-order chi connectivity index (χ1) is 13.9. The SMILES string of the molecule is Cc1ccc(-c2noc(C3CC(O)CN3Cc3ccc(N(C)C)cc3)n2)cc1F. The van der Waals surface area contributed by atoms with Gasteiger partial charge in [0, 0.05) is 38.4 Å².